The molecule has 0 rings (SSSR count). The average molecular weight is 338 g/mol. The summed E-state index contributed by atoms with van der Waals surface area (Å²) >= 11 is 0. The van der Waals surface area contributed by atoms with Crippen LogP contribution in [0, 0.1) is 12.3 Å². The fourth-order valence-electron chi connectivity index (χ4n) is 3.65. The van der Waals surface area contributed by atoms with Crippen molar-refractivity contribution >= 4 is 0 Å². The van der Waals surface area contributed by atoms with Gasteiger partial charge in [-0.15, -0.1) is 0 Å². The van der Waals surface area contributed by atoms with Crippen molar-refractivity contribution in [3.63, 3.8) is 0 Å². The van der Waals surface area contributed by atoms with Crippen molar-refractivity contribution in [3.05, 3.63) is 6.42 Å². The van der Waals surface area contributed by atoms with Crippen LogP contribution in [0.4, 0.5) is 0 Å². The minimum absolute atomic E-state index is 0.895. The molecule has 1 radical (unpaired) electrons. The van der Waals surface area contributed by atoms with E-state index in [-0.39, 0.29) is 0 Å². The first-order valence-electron chi connectivity index (χ1n) is 11.7. The Morgan fingerprint density at radius 3 is 1.33 bits per heavy atom. The van der Waals surface area contributed by atoms with Gasteiger partial charge in [-0.25, -0.2) is 0 Å². The number of unbranched alkanes of at least 4 members (excludes halogenated alkanes) is 15. The molecule has 0 nitrogen and oxygen atoms in total. The van der Waals surface area contributed by atoms with Crippen molar-refractivity contribution in [1.82, 2.24) is 0 Å². The van der Waals surface area contributed by atoms with Crippen molar-refractivity contribution < 1.29 is 0 Å². The maximum atomic E-state index is 2.62. The number of hydrogen-bond donors (Lipinski definition) is 0. The fourth-order valence-corrected chi connectivity index (χ4v) is 3.65. The highest BCUT2D eigenvalue weighted by Crippen LogP contribution is 2.20. The predicted molar refractivity (Wildman–Crippen MR) is 113 cm³/mol. The molecule has 0 aromatic heterocycles. The first-order valence-corrected chi connectivity index (χ1v) is 11.7. The molecule has 0 heterocycles. The summed E-state index contributed by atoms with van der Waals surface area (Å²) in [5.41, 5.74) is 0. The molecule has 0 aliphatic rings. The Balaban J connectivity index is 3.12. The van der Waals surface area contributed by atoms with E-state index < -0.39 is 0 Å². The fraction of sp³-hybridized carbons (Fsp3) is 0.958. The van der Waals surface area contributed by atoms with Crippen molar-refractivity contribution in [1.29, 1.82) is 0 Å². The molecule has 0 spiro atoms. The molecule has 0 aromatic rings. The van der Waals surface area contributed by atoms with Gasteiger partial charge in [0.05, 0.1) is 0 Å². The van der Waals surface area contributed by atoms with E-state index in [1.54, 1.807) is 0 Å². The van der Waals surface area contributed by atoms with E-state index in [4.69, 9.17) is 0 Å². The zero-order chi connectivity index (χ0) is 17.7. The third-order valence-electron chi connectivity index (χ3n) is 5.51. The highest BCUT2D eigenvalue weighted by Gasteiger charge is 2.05. The van der Waals surface area contributed by atoms with Gasteiger partial charge in [0.1, 0.15) is 0 Å². The van der Waals surface area contributed by atoms with Gasteiger partial charge in [0.2, 0.25) is 0 Å². The first kappa shape index (κ1) is 24.0. The predicted octanol–water partition coefficient (Wildman–Crippen LogP) is 9.28. The second kappa shape index (κ2) is 21.0. The van der Waals surface area contributed by atoms with Crippen LogP contribution in [0.1, 0.15) is 143 Å². The highest BCUT2D eigenvalue weighted by atomic mass is 14.1. The summed E-state index contributed by atoms with van der Waals surface area (Å²) in [5, 5.41) is 0. The molecule has 0 heteroatoms. The molecule has 0 bridgehead atoms. The summed E-state index contributed by atoms with van der Waals surface area (Å²) in [6, 6.07) is 0. The van der Waals surface area contributed by atoms with Gasteiger partial charge in [-0.05, 0) is 18.8 Å². The number of hydrogen-bond acceptors (Lipinski definition) is 0. The van der Waals surface area contributed by atoms with Crippen molar-refractivity contribution in [2.45, 2.75) is 143 Å². The highest BCUT2D eigenvalue weighted by molar-refractivity contribution is 4.75. The Morgan fingerprint density at radius 1 is 0.500 bits per heavy atom. The molecular weight excluding hydrogens is 288 g/mol. The molecule has 0 aliphatic heterocycles. The molecular formula is C24H49. The maximum Gasteiger partial charge on any atom is -0.0355 e. The van der Waals surface area contributed by atoms with Crippen molar-refractivity contribution in [2.75, 3.05) is 0 Å². The molecule has 1 atom stereocenters. The lowest BCUT2D eigenvalue weighted by Gasteiger charge is -2.13. The van der Waals surface area contributed by atoms with Crippen LogP contribution >= 0.6 is 0 Å². The van der Waals surface area contributed by atoms with Crippen LogP contribution in [0.5, 0.6) is 0 Å². The van der Waals surface area contributed by atoms with Gasteiger partial charge in [-0.3, -0.25) is 0 Å². The van der Waals surface area contributed by atoms with Gasteiger partial charge in [-0.2, -0.15) is 0 Å². The van der Waals surface area contributed by atoms with E-state index >= 15 is 0 Å². The van der Waals surface area contributed by atoms with Gasteiger partial charge in [-0.1, -0.05) is 136 Å². The van der Waals surface area contributed by atoms with Gasteiger partial charge < -0.3 is 0 Å². The van der Waals surface area contributed by atoms with Crippen LogP contribution in [0.25, 0.3) is 0 Å². The molecule has 24 heavy (non-hydrogen) atoms. The summed E-state index contributed by atoms with van der Waals surface area (Å²) in [6.07, 6.45) is 30.0. The van der Waals surface area contributed by atoms with Crippen LogP contribution in [0.2, 0.25) is 0 Å². The Kier molecular flexibility index (Phi) is 21.0. The molecule has 1 unspecified atom stereocenters. The molecule has 0 saturated carbocycles. The SMILES string of the molecule is CCCCCCCCCCCCCCCC[CH]C(CC)CCCC. The molecule has 145 valence electrons. The summed E-state index contributed by atoms with van der Waals surface area (Å²) in [4.78, 5) is 0. The molecule has 0 N–H and O–H groups in total. The minimum atomic E-state index is 0.895. The zero-order valence-electron chi connectivity index (χ0n) is 17.6. The average Bonchev–Trinajstić information content (AvgIpc) is 2.61. The second-order valence-corrected chi connectivity index (χ2v) is 7.93. The summed E-state index contributed by atoms with van der Waals surface area (Å²) < 4.78 is 0. The molecule has 0 aliphatic carbocycles. The van der Waals surface area contributed by atoms with E-state index in [0.717, 1.165) is 5.92 Å². The van der Waals surface area contributed by atoms with Gasteiger partial charge in [0.15, 0.2) is 0 Å². The van der Waals surface area contributed by atoms with E-state index in [2.05, 4.69) is 27.2 Å². The van der Waals surface area contributed by atoms with Crippen LogP contribution in [0.15, 0.2) is 0 Å². The topological polar surface area (TPSA) is 0 Å². The lowest BCUT2D eigenvalue weighted by molar-refractivity contribution is 0.481. The van der Waals surface area contributed by atoms with Crippen LogP contribution < -0.4 is 0 Å². The monoisotopic (exact) mass is 337 g/mol. The lowest BCUT2D eigenvalue weighted by atomic mass is 9.93. The third kappa shape index (κ3) is 18.3. The Bertz CT molecular complexity index is 208. The first-order chi connectivity index (χ1) is 11.8. The van der Waals surface area contributed by atoms with Gasteiger partial charge in [0, 0.05) is 0 Å². The quantitative estimate of drug-likeness (QED) is 0.194. The van der Waals surface area contributed by atoms with Gasteiger partial charge >= 0.3 is 0 Å². The van der Waals surface area contributed by atoms with E-state index in [1.165, 1.54) is 122 Å². The van der Waals surface area contributed by atoms with Crippen LogP contribution in [-0.2, 0) is 0 Å². The lowest BCUT2D eigenvalue weighted by Crippen LogP contribution is -1.99. The molecule has 0 saturated heterocycles. The van der Waals surface area contributed by atoms with Crippen LogP contribution in [0.3, 0.4) is 0 Å². The maximum absolute atomic E-state index is 2.62. The largest absolute Gasteiger partial charge is 0.0654 e. The smallest absolute Gasteiger partial charge is 0.0355 e. The molecule has 0 aromatic carbocycles. The summed E-state index contributed by atoms with van der Waals surface area (Å²) in [7, 11) is 0. The zero-order valence-corrected chi connectivity index (χ0v) is 17.6. The van der Waals surface area contributed by atoms with Crippen molar-refractivity contribution in [3.8, 4) is 0 Å². The number of rotatable bonds is 20. The van der Waals surface area contributed by atoms with Crippen LogP contribution in [-0.4, -0.2) is 0 Å². The standard InChI is InChI=1S/C24H49/c1-4-7-9-10-11-12-13-14-15-16-17-18-19-20-21-23-24(6-3)22-8-5-2/h23-24H,4-22H2,1-3H3. The second-order valence-electron chi connectivity index (χ2n) is 7.93. The Hall–Kier alpha value is 0. The Labute approximate surface area is 155 Å². The summed E-state index contributed by atoms with van der Waals surface area (Å²) in [5.74, 6) is 0.895. The molecule has 0 fully saturated rings. The third-order valence-corrected chi connectivity index (χ3v) is 5.51. The van der Waals surface area contributed by atoms with E-state index in [0.29, 0.717) is 0 Å². The normalized spacial score (nSPS) is 12.6. The van der Waals surface area contributed by atoms with E-state index in [1.807, 2.05) is 0 Å². The van der Waals surface area contributed by atoms with E-state index in [9.17, 15) is 0 Å². The molecule has 0 amide bonds. The minimum Gasteiger partial charge on any atom is -0.0654 e. The van der Waals surface area contributed by atoms with Gasteiger partial charge in [0.25, 0.3) is 0 Å². The van der Waals surface area contributed by atoms with Crippen molar-refractivity contribution in [2.24, 2.45) is 5.92 Å². The Morgan fingerprint density at radius 2 is 0.917 bits per heavy atom. The summed E-state index contributed by atoms with van der Waals surface area (Å²) in [6.45, 7) is 6.95.